The molecule has 86 valence electrons. The smallest absolute Gasteiger partial charge is 0.165 e. The van der Waals surface area contributed by atoms with Crippen molar-refractivity contribution in [3.63, 3.8) is 0 Å². The topological polar surface area (TPSA) is 9.23 Å². The van der Waals surface area contributed by atoms with Crippen LogP contribution in [0.25, 0.3) is 0 Å². The molecular formula is C13H14FIO. The van der Waals surface area contributed by atoms with E-state index in [2.05, 4.69) is 22.6 Å². The third-order valence-electron chi connectivity index (χ3n) is 3.82. The number of hydrogen-bond donors (Lipinski definition) is 0. The molecule has 16 heavy (non-hydrogen) atoms. The molecule has 3 heteroatoms. The van der Waals surface area contributed by atoms with Crippen molar-refractivity contribution in [1.29, 1.82) is 0 Å². The van der Waals surface area contributed by atoms with Crippen molar-refractivity contribution in [3.8, 4) is 5.75 Å². The first-order chi connectivity index (χ1) is 7.77. The highest BCUT2D eigenvalue weighted by atomic mass is 127. The minimum absolute atomic E-state index is 0.195. The fraction of sp³-hybridized carbons (Fsp3) is 0.538. The Morgan fingerprint density at radius 1 is 1.25 bits per heavy atom. The molecule has 3 rings (SSSR count). The number of rotatable bonds is 0. The Bertz CT molecular complexity index is 419. The highest BCUT2D eigenvalue weighted by molar-refractivity contribution is 14.1. The lowest BCUT2D eigenvalue weighted by Crippen LogP contribution is -2.29. The quantitative estimate of drug-likeness (QED) is 0.650. The molecule has 1 heterocycles. The van der Waals surface area contributed by atoms with Gasteiger partial charge in [0.05, 0.1) is 6.61 Å². The second-order valence-electron chi connectivity index (χ2n) is 4.73. The lowest BCUT2D eigenvalue weighted by Gasteiger charge is -2.37. The molecule has 1 nitrogen and oxygen atoms in total. The van der Waals surface area contributed by atoms with Crippen molar-refractivity contribution >= 4 is 22.6 Å². The van der Waals surface area contributed by atoms with Crippen LogP contribution in [0.1, 0.15) is 37.2 Å². The minimum Gasteiger partial charge on any atom is -0.490 e. The van der Waals surface area contributed by atoms with Crippen molar-refractivity contribution in [2.45, 2.75) is 31.6 Å². The van der Waals surface area contributed by atoms with Gasteiger partial charge < -0.3 is 4.74 Å². The largest absolute Gasteiger partial charge is 0.490 e. The molecule has 0 N–H and O–H groups in total. The normalized spacial score (nSPS) is 27.9. The van der Waals surface area contributed by atoms with Crippen LogP contribution in [0, 0.1) is 15.3 Å². The van der Waals surface area contributed by atoms with Gasteiger partial charge in [0.1, 0.15) is 0 Å². The highest BCUT2D eigenvalue weighted by Crippen LogP contribution is 2.47. The summed E-state index contributed by atoms with van der Waals surface area (Å²) in [5.41, 5.74) is 1.14. The van der Waals surface area contributed by atoms with E-state index in [-0.39, 0.29) is 5.82 Å². The van der Waals surface area contributed by atoms with Crippen LogP contribution in [0.15, 0.2) is 12.1 Å². The summed E-state index contributed by atoms with van der Waals surface area (Å²) in [5, 5.41) is 0. The lowest BCUT2D eigenvalue weighted by molar-refractivity contribution is 0.150. The van der Waals surface area contributed by atoms with Gasteiger partial charge in [-0.3, -0.25) is 0 Å². The van der Waals surface area contributed by atoms with Crippen LogP contribution in [-0.2, 0) is 0 Å². The van der Waals surface area contributed by atoms with Crippen LogP contribution in [0.2, 0.25) is 0 Å². The first kappa shape index (κ1) is 10.8. The van der Waals surface area contributed by atoms with Crippen molar-refractivity contribution in [1.82, 2.24) is 0 Å². The molecule has 2 unspecified atom stereocenters. The van der Waals surface area contributed by atoms with Gasteiger partial charge >= 0.3 is 0 Å². The summed E-state index contributed by atoms with van der Waals surface area (Å²) in [5.74, 6) is 1.46. The molecule has 0 radical (unpaired) electrons. The Kier molecular flexibility index (Phi) is 2.81. The van der Waals surface area contributed by atoms with Crippen molar-refractivity contribution in [2.75, 3.05) is 6.61 Å². The van der Waals surface area contributed by atoms with Gasteiger partial charge in [0.15, 0.2) is 11.6 Å². The molecule has 1 aromatic rings. The van der Waals surface area contributed by atoms with E-state index in [9.17, 15) is 4.39 Å². The summed E-state index contributed by atoms with van der Waals surface area (Å²) >= 11 is 2.30. The maximum absolute atomic E-state index is 13.7. The Morgan fingerprint density at radius 3 is 2.94 bits per heavy atom. The highest BCUT2D eigenvalue weighted by Gasteiger charge is 2.35. The number of benzene rings is 1. The zero-order valence-electron chi connectivity index (χ0n) is 9.01. The fourth-order valence-corrected chi connectivity index (χ4v) is 3.84. The Labute approximate surface area is 109 Å². The molecule has 0 aromatic heterocycles. The molecule has 0 saturated heterocycles. The average molecular weight is 332 g/mol. The van der Waals surface area contributed by atoms with Gasteiger partial charge in [0.25, 0.3) is 0 Å². The van der Waals surface area contributed by atoms with Crippen LogP contribution in [0.5, 0.6) is 5.75 Å². The molecular weight excluding hydrogens is 318 g/mol. The van der Waals surface area contributed by atoms with Crippen molar-refractivity contribution < 1.29 is 9.13 Å². The zero-order chi connectivity index (χ0) is 11.1. The standard InChI is InChI=1S/C13H14FIO/c14-10-5-6-11(15)12-9-4-2-1-3-8(9)7-16-13(10)12/h5-6,8-9H,1-4,7H2. The van der Waals surface area contributed by atoms with Crippen LogP contribution in [0.3, 0.4) is 0 Å². The Balaban J connectivity index is 2.10. The minimum atomic E-state index is -0.195. The number of halogens is 2. The molecule has 0 amide bonds. The van der Waals surface area contributed by atoms with Crippen LogP contribution in [-0.4, -0.2) is 6.61 Å². The average Bonchev–Trinajstić information content (AvgIpc) is 2.33. The predicted octanol–water partition coefficient (Wildman–Crippen LogP) is 4.10. The van der Waals surface area contributed by atoms with E-state index in [0.29, 0.717) is 24.2 Å². The van der Waals surface area contributed by atoms with Gasteiger partial charge in [-0.25, -0.2) is 4.39 Å². The summed E-state index contributed by atoms with van der Waals surface area (Å²) in [6, 6.07) is 3.39. The van der Waals surface area contributed by atoms with E-state index in [0.717, 1.165) is 9.13 Å². The van der Waals surface area contributed by atoms with E-state index in [4.69, 9.17) is 4.74 Å². The van der Waals surface area contributed by atoms with Gasteiger partial charge in [-0.2, -0.15) is 0 Å². The molecule has 0 bridgehead atoms. The molecule has 1 aliphatic heterocycles. The first-order valence-electron chi connectivity index (χ1n) is 5.88. The van der Waals surface area contributed by atoms with Crippen LogP contribution >= 0.6 is 22.6 Å². The van der Waals surface area contributed by atoms with E-state index in [1.54, 1.807) is 0 Å². The lowest BCUT2D eigenvalue weighted by atomic mass is 9.74. The molecule has 1 aromatic carbocycles. The van der Waals surface area contributed by atoms with E-state index in [1.165, 1.54) is 31.7 Å². The molecule has 0 spiro atoms. The van der Waals surface area contributed by atoms with E-state index >= 15 is 0 Å². The summed E-state index contributed by atoms with van der Waals surface area (Å²) in [6.07, 6.45) is 5.00. The summed E-state index contributed by atoms with van der Waals surface area (Å²) in [4.78, 5) is 0. The van der Waals surface area contributed by atoms with Gasteiger partial charge in [0, 0.05) is 15.1 Å². The molecule has 2 atom stereocenters. The third-order valence-corrected chi connectivity index (χ3v) is 4.76. The van der Waals surface area contributed by atoms with Crippen LogP contribution in [0.4, 0.5) is 4.39 Å². The van der Waals surface area contributed by atoms with Crippen LogP contribution < -0.4 is 4.74 Å². The Hall–Kier alpha value is -0.320. The van der Waals surface area contributed by atoms with Gasteiger partial charge in [-0.1, -0.05) is 12.8 Å². The molecule has 1 fully saturated rings. The van der Waals surface area contributed by atoms with E-state index in [1.807, 2.05) is 6.07 Å². The SMILES string of the molecule is Fc1ccc(I)c2c1OCC1CCCCC21. The van der Waals surface area contributed by atoms with Crippen molar-refractivity contribution in [2.24, 2.45) is 5.92 Å². The molecule has 2 aliphatic rings. The summed E-state index contributed by atoms with van der Waals surface area (Å²) in [7, 11) is 0. The van der Waals surface area contributed by atoms with E-state index < -0.39 is 0 Å². The molecule has 1 aliphatic carbocycles. The Morgan fingerprint density at radius 2 is 2.06 bits per heavy atom. The predicted molar refractivity (Wildman–Crippen MR) is 69.3 cm³/mol. The van der Waals surface area contributed by atoms with Gasteiger partial charge in [-0.15, -0.1) is 0 Å². The first-order valence-corrected chi connectivity index (χ1v) is 6.96. The zero-order valence-corrected chi connectivity index (χ0v) is 11.2. The van der Waals surface area contributed by atoms with Gasteiger partial charge in [0.2, 0.25) is 0 Å². The maximum Gasteiger partial charge on any atom is 0.165 e. The van der Waals surface area contributed by atoms with Crippen molar-refractivity contribution in [3.05, 3.63) is 27.1 Å². The van der Waals surface area contributed by atoms with Gasteiger partial charge in [-0.05, 0) is 53.5 Å². The second kappa shape index (κ2) is 4.17. The number of ether oxygens (including phenoxy) is 1. The summed E-state index contributed by atoms with van der Waals surface area (Å²) < 4.78 is 20.5. The third kappa shape index (κ3) is 1.63. The number of hydrogen-bond acceptors (Lipinski definition) is 1. The molecule has 1 saturated carbocycles. The summed E-state index contributed by atoms with van der Waals surface area (Å²) in [6.45, 7) is 0.703. The number of fused-ring (bicyclic) bond motifs is 3. The monoisotopic (exact) mass is 332 g/mol. The fourth-order valence-electron chi connectivity index (χ4n) is 3.02. The second-order valence-corrected chi connectivity index (χ2v) is 5.90. The maximum atomic E-state index is 13.7.